The van der Waals surface area contributed by atoms with Crippen molar-refractivity contribution in [3.8, 4) is 0 Å². The van der Waals surface area contributed by atoms with E-state index in [-0.39, 0.29) is 5.41 Å². The first kappa shape index (κ1) is 21.3. The summed E-state index contributed by atoms with van der Waals surface area (Å²) < 4.78 is 0. The highest BCUT2D eigenvalue weighted by Crippen LogP contribution is 2.64. The zero-order valence-electron chi connectivity index (χ0n) is 19.6. The third-order valence-electron chi connectivity index (χ3n) is 9.78. The fourth-order valence-corrected chi connectivity index (χ4v) is 8.13. The third kappa shape index (κ3) is 3.39. The largest absolute Gasteiger partial charge is 0.385 e. The number of hydrogen-bond acceptors (Lipinski definition) is 1. The van der Waals surface area contributed by atoms with Crippen molar-refractivity contribution < 1.29 is 5.11 Å². The minimum Gasteiger partial charge on any atom is -0.385 e. The van der Waals surface area contributed by atoms with E-state index in [4.69, 9.17) is 0 Å². The van der Waals surface area contributed by atoms with Crippen LogP contribution in [0.1, 0.15) is 101 Å². The molecule has 4 aliphatic carbocycles. The summed E-state index contributed by atoms with van der Waals surface area (Å²) in [4.78, 5) is 0. The van der Waals surface area contributed by atoms with Crippen LogP contribution in [0, 0.1) is 23.2 Å². The van der Waals surface area contributed by atoms with Gasteiger partial charge in [0.1, 0.15) is 0 Å². The van der Waals surface area contributed by atoms with E-state index >= 15 is 0 Å². The molecule has 1 heteroatoms. The van der Waals surface area contributed by atoms with Gasteiger partial charge in [-0.15, -0.1) is 0 Å². The van der Waals surface area contributed by atoms with Crippen LogP contribution in [0.5, 0.6) is 0 Å². The van der Waals surface area contributed by atoms with Gasteiger partial charge in [-0.1, -0.05) is 75.3 Å². The van der Waals surface area contributed by atoms with E-state index in [0.29, 0.717) is 11.8 Å². The van der Waals surface area contributed by atoms with E-state index in [1.54, 1.807) is 0 Å². The van der Waals surface area contributed by atoms with Gasteiger partial charge in [0.2, 0.25) is 0 Å². The molecule has 0 spiro atoms. The molecule has 1 N–H and O–H groups in total. The Bertz CT molecular complexity index is 907. The van der Waals surface area contributed by atoms with Crippen LogP contribution in [-0.4, -0.2) is 10.7 Å². The van der Waals surface area contributed by atoms with Gasteiger partial charge in [0.15, 0.2) is 0 Å². The minimum absolute atomic E-state index is 0.147. The predicted molar refractivity (Wildman–Crippen MR) is 132 cm³/mol. The van der Waals surface area contributed by atoms with E-state index < -0.39 is 5.60 Å². The molecule has 0 amide bonds. The third-order valence-corrected chi connectivity index (χ3v) is 9.78. The highest BCUT2D eigenvalue weighted by atomic mass is 16.3. The number of aliphatic hydroxyl groups is 1. The summed E-state index contributed by atoms with van der Waals surface area (Å²) in [5, 5.41) is 12.2. The predicted octanol–water partition coefficient (Wildman–Crippen LogP) is 7.91. The first-order valence-electron chi connectivity index (χ1n) is 12.8. The number of benzene rings is 1. The van der Waals surface area contributed by atoms with E-state index in [9.17, 15) is 5.11 Å². The van der Waals surface area contributed by atoms with Gasteiger partial charge in [-0.05, 0) is 103 Å². The Morgan fingerprint density at radius 3 is 2.61 bits per heavy atom. The van der Waals surface area contributed by atoms with Crippen molar-refractivity contribution in [3.05, 3.63) is 59.2 Å². The molecule has 0 bridgehead atoms. The van der Waals surface area contributed by atoms with Gasteiger partial charge >= 0.3 is 0 Å². The van der Waals surface area contributed by atoms with Crippen molar-refractivity contribution in [1.82, 2.24) is 0 Å². The molecule has 0 aromatic heterocycles. The maximum absolute atomic E-state index is 12.2. The average molecular weight is 417 g/mol. The molecule has 166 valence electrons. The van der Waals surface area contributed by atoms with Crippen LogP contribution in [-0.2, 0) is 0 Å². The molecule has 0 saturated heterocycles. The Kier molecular flexibility index (Phi) is 5.53. The fourth-order valence-electron chi connectivity index (χ4n) is 8.13. The van der Waals surface area contributed by atoms with Gasteiger partial charge < -0.3 is 5.11 Å². The molecule has 3 fully saturated rings. The highest BCUT2D eigenvalue weighted by molar-refractivity contribution is 5.65. The van der Waals surface area contributed by atoms with Crippen LogP contribution in [0.25, 0.3) is 12.2 Å². The van der Waals surface area contributed by atoms with Crippen molar-refractivity contribution in [1.29, 1.82) is 0 Å². The highest BCUT2D eigenvalue weighted by Gasteiger charge is 2.59. The van der Waals surface area contributed by atoms with Crippen molar-refractivity contribution in [2.24, 2.45) is 23.2 Å². The number of rotatable bonds is 3. The molecule has 5 rings (SSSR count). The molecule has 4 aliphatic rings. The Labute approximate surface area is 189 Å². The van der Waals surface area contributed by atoms with Crippen LogP contribution >= 0.6 is 0 Å². The lowest BCUT2D eigenvalue weighted by molar-refractivity contribution is -0.0500. The molecule has 0 radical (unpaired) electrons. The van der Waals surface area contributed by atoms with Crippen LogP contribution in [0.3, 0.4) is 0 Å². The second-order valence-corrected chi connectivity index (χ2v) is 11.2. The Morgan fingerprint density at radius 1 is 1.03 bits per heavy atom. The maximum Gasteiger partial charge on any atom is 0.0890 e. The number of allylic oxidation sites excluding steroid dienone is 2. The molecule has 1 aromatic carbocycles. The zero-order chi connectivity index (χ0) is 21.6. The van der Waals surface area contributed by atoms with Crippen molar-refractivity contribution in [2.75, 3.05) is 0 Å². The molecule has 0 aliphatic heterocycles. The number of hydrogen-bond donors (Lipinski definition) is 1. The van der Waals surface area contributed by atoms with Crippen LogP contribution in [0.4, 0.5) is 0 Å². The van der Waals surface area contributed by atoms with Gasteiger partial charge in [0.25, 0.3) is 0 Å². The van der Waals surface area contributed by atoms with E-state index in [1.165, 1.54) is 60.8 Å². The lowest BCUT2D eigenvalue weighted by atomic mass is 9.57. The topological polar surface area (TPSA) is 20.2 Å². The Balaban J connectivity index is 1.48. The summed E-state index contributed by atoms with van der Waals surface area (Å²) in [7, 11) is 0. The van der Waals surface area contributed by atoms with Gasteiger partial charge in [0, 0.05) is 0 Å². The van der Waals surface area contributed by atoms with E-state index in [0.717, 1.165) is 37.5 Å². The molecular weight excluding hydrogens is 376 g/mol. The summed E-state index contributed by atoms with van der Waals surface area (Å²) in [5.41, 5.74) is 4.92. The molecule has 6 atom stereocenters. The normalized spacial score (nSPS) is 39.9. The SMILES string of the molecule is C=Cc1cc(C2CCC3C2(C)CC=C2CC4CCCCC4CC[C@@]23O)ccc1/C=C\C. The summed E-state index contributed by atoms with van der Waals surface area (Å²) in [6.45, 7) is 8.61. The van der Waals surface area contributed by atoms with Gasteiger partial charge in [0.05, 0.1) is 5.60 Å². The Hall–Kier alpha value is -1.60. The molecule has 31 heavy (non-hydrogen) atoms. The quantitative estimate of drug-likeness (QED) is 0.496. The first-order chi connectivity index (χ1) is 15.0. The molecule has 5 unspecified atom stereocenters. The summed E-state index contributed by atoms with van der Waals surface area (Å²) in [6, 6.07) is 6.97. The summed E-state index contributed by atoms with van der Waals surface area (Å²) in [6.07, 6.45) is 21.2. The first-order valence-corrected chi connectivity index (χ1v) is 12.8. The smallest absolute Gasteiger partial charge is 0.0890 e. The minimum atomic E-state index is -0.564. The van der Waals surface area contributed by atoms with E-state index in [1.807, 2.05) is 6.08 Å². The van der Waals surface area contributed by atoms with Gasteiger partial charge in [-0.25, -0.2) is 0 Å². The molecule has 0 heterocycles. The van der Waals surface area contributed by atoms with E-state index in [2.05, 4.69) is 56.9 Å². The van der Waals surface area contributed by atoms with Crippen LogP contribution in [0.2, 0.25) is 0 Å². The lowest BCUT2D eigenvalue weighted by Gasteiger charge is -2.50. The van der Waals surface area contributed by atoms with Gasteiger partial charge in [-0.3, -0.25) is 0 Å². The van der Waals surface area contributed by atoms with Crippen LogP contribution in [0.15, 0.2) is 42.5 Å². The zero-order valence-corrected chi connectivity index (χ0v) is 19.6. The lowest BCUT2D eigenvalue weighted by Crippen LogP contribution is -2.49. The van der Waals surface area contributed by atoms with Crippen molar-refractivity contribution in [3.63, 3.8) is 0 Å². The molecule has 1 aromatic rings. The summed E-state index contributed by atoms with van der Waals surface area (Å²) >= 11 is 0. The second kappa shape index (κ2) is 8.07. The standard InChI is InChI=1S/C30H40O/c1-4-8-22-11-12-25(19-21(22)5-2)27-13-14-28-29(27,3)17-16-26-20-24-10-7-6-9-23(24)15-18-30(26,28)31/h4-5,8,11-12,16,19,23-24,27-28,31H,2,6-7,9-10,13-15,17-18,20H2,1,3H3/b8-4-/t23?,24?,27?,28?,29?,30-/m1/s1. The molecular formula is C30H40O. The molecule has 3 saturated carbocycles. The number of fused-ring (bicyclic) bond motifs is 4. The van der Waals surface area contributed by atoms with Crippen LogP contribution < -0.4 is 0 Å². The molecule has 1 nitrogen and oxygen atoms in total. The maximum atomic E-state index is 12.2. The average Bonchev–Trinajstić information content (AvgIpc) is 3.06. The summed E-state index contributed by atoms with van der Waals surface area (Å²) in [5.74, 6) is 2.59. The Morgan fingerprint density at radius 2 is 1.84 bits per heavy atom. The van der Waals surface area contributed by atoms with Gasteiger partial charge in [-0.2, -0.15) is 0 Å². The second-order valence-electron chi connectivity index (χ2n) is 11.2. The van der Waals surface area contributed by atoms with Crippen molar-refractivity contribution in [2.45, 2.75) is 89.6 Å². The monoisotopic (exact) mass is 416 g/mol. The van der Waals surface area contributed by atoms with Crippen molar-refractivity contribution >= 4 is 12.2 Å². The fraction of sp³-hybridized carbons (Fsp3) is 0.600.